The van der Waals surface area contributed by atoms with Crippen molar-refractivity contribution in [2.24, 2.45) is 5.41 Å². The number of ether oxygens (including phenoxy) is 1. The summed E-state index contributed by atoms with van der Waals surface area (Å²) < 4.78 is 5.34. The first-order valence-corrected chi connectivity index (χ1v) is 8.21. The largest absolute Gasteiger partial charge is 0.464 e. The Hall–Kier alpha value is -1.16. The van der Waals surface area contributed by atoms with Crippen molar-refractivity contribution in [2.45, 2.75) is 32.7 Å². The minimum absolute atomic E-state index is 0.122. The first-order chi connectivity index (χ1) is 9.47. The fourth-order valence-corrected chi connectivity index (χ4v) is 4.15. The molecule has 1 aliphatic heterocycles. The lowest BCUT2D eigenvalue weighted by molar-refractivity contribution is -0.149. The summed E-state index contributed by atoms with van der Waals surface area (Å²) in [5.41, 5.74) is 0.472. The number of nitrogens with one attached hydrogen (secondary N) is 1. The van der Waals surface area contributed by atoms with Crippen LogP contribution in [0.3, 0.4) is 0 Å². The third-order valence-corrected chi connectivity index (χ3v) is 5.13. The number of hydrogen-bond acceptors (Lipinski definition) is 4. The smallest absolute Gasteiger partial charge is 0.332 e. The Labute approximate surface area is 125 Å². The van der Waals surface area contributed by atoms with Crippen LogP contribution in [0.2, 0.25) is 0 Å². The maximum Gasteiger partial charge on any atom is 0.332 e. The minimum Gasteiger partial charge on any atom is -0.464 e. The van der Waals surface area contributed by atoms with E-state index >= 15 is 0 Å². The van der Waals surface area contributed by atoms with Crippen molar-refractivity contribution in [2.75, 3.05) is 23.4 Å². The van der Waals surface area contributed by atoms with Crippen LogP contribution >= 0.6 is 11.8 Å². The number of hydrogen-bond donors (Lipinski definition) is 1. The molecule has 1 N–H and O–H groups in total. The molecule has 1 aliphatic rings. The summed E-state index contributed by atoms with van der Waals surface area (Å²) in [7, 11) is 0. The Bertz CT molecular complexity index is 461. The molecule has 1 saturated heterocycles. The van der Waals surface area contributed by atoms with Gasteiger partial charge >= 0.3 is 5.97 Å². The maximum absolute atomic E-state index is 12.5. The highest BCUT2D eigenvalue weighted by molar-refractivity contribution is 7.99. The van der Waals surface area contributed by atoms with E-state index in [1.54, 1.807) is 0 Å². The van der Waals surface area contributed by atoms with E-state index in [9.17, 15) is 4.79 Å². The molecule has 110 valence electrons. The van der Waals surface area contributed by atoms with E-state index in [-0.39, 0.29) is 11.4 Å². The zero-order chi connectivity index (χ0) is 14.6. The predicted octanol–water partition coefficient (Wildman–Crippen LogP) is 3.56. The van der Waals surface area contributed by atoms with Gasteiger partial charge in [0, 0.05) is 11.4 Å². The van der Waals surface area contributed by atoms with Gasteiger partial charge in [-0.3, -0.25) is 0 Å². The van der Waals surface area contributed by atoms with E-state index in [4.69, 9.17) is 4.74 Å². The average molecular weight is 293 g/mol. The van der Waals surface area contributed by atoms with Crippen LogP contribution in [-0.2, 0) is 9.53 Å². The molecule has 0 radical (unpaired) electrons. The molecule has 0 aliphatic carbocycles. The second kappa shape index (κ2) is 6.08. The molecule has 1 fully saturated rings. The molecule has 1 unspecified atom stereocenters. The fourth-order valence-electron chi connectivity index (χ4n) is 2.75. The number of thioether (sulfide) groups is 1. The lowest BCUT2D eigenvalue weighted by Crippen LogP contribution is -2.55. The van der Waals surface area contributed by atoms with Gasteiger partial charge in [0.25, 0.3) is 0 Å². The Morgan fingerprint density at radius 1 is 1.30 bits per heavy atom. The molecule has 0 spiro atoms. The lowest BCUT2D eigenvalue weighted by Gasteiger charge is -2.43. The summed E-state index contributed by atoms with van der Waals surface area (Å²) in [6.45, 7) is 6.69. The highest BCUT2D eigenvalue weighted by Crippen LogP contribution is 2.41. The van der Waals surface area contributed by atoms with Crippen molar-refractivity contribution in [1.29, 1.82) is 0 Å². The first-order valence-electron chi connectivity index (χ1n) is 7.06. The summed E-state index contributed by atoms with van der Waals surface area (Å²) in [4.78, 5) is 12.5. The second-order valence-corrected chi connectivity index (χ2v) is 7.11. The molecule has 0 amide bonds. The highest BCUT2D eigenvalue weighted by atomic mass is 32.2. The van der Waals surface area contributed by atoms with Crippen LogP contribution in [-0.4, -0.2) is 29.6 Å². The normalized spacial score (nSPS) is 24.9. The molecular weight excluding hydrogens is 270 g/mol. The number of carbonyl (C=O) groups is 1. The van der Waals surface area contributed by atoms with E-state index in [0.29, 0.717) is 6.61 Å². The lowest BCUT2D eigenvalue weighted by atomic mass is 9.79. The second-order valence-electron chi connectivity index (χ2n) is 6.13. The molecule has 2 rings (SSSR count). The standard InChI is InChI=1S/C16H23NO2S/c1-4-19-14(18)16(10-15(2,3)11-20-12-16)17-13-8-6-5-7-9-13/h5-9,17H,4,10-12H2,1-3H3. The van der Waals surface area contributed by atoms with Gasteiger partial charge in [-0.15, -0.1) is 0 Å². The summed E-state index contributed by atoms with van der Waals surface area (Å²) >= 11 is 1.82. The van der Waals surface area contributed by atoms with E-state index in [1.165, 1.54) is 0 Å². The zero-order valence-corrected chi connectivity index (χ0v) is 13.3. The molecule has 0 saturated carbocycles. The number of para-hydroxylation sites is 1. The predicted molar refractivity (Wildman–Crippen MR) is 85.2 cm³/mol. The SMILES string of the molecule is CCOC(=O)C1(Nc2ccccc2)CSCC(C)(C)C1. The van der Waals surface area contributed by atoms with Crippen molar-refractivity contribution in [1.82, 2.24) is 0 Å². The van der Waals surface area contributed by atoms with Gasteiger partial charge < -0.3 is 10.1 Å². The van der Waals surface area contributed by atoms with Gasteiger partial charge in [0.15, 0.2) is 0 Å². The monoisotopic (exact) mass is 293 g/mol. The Balaban J connectivity index is 2.26. The van der Waals surface area contributed by atoms with Gasteiger partial charge in [-0.2, -0.15) is 11.8 Å². The van der Waals surface area contributed by atoms with Crippen LogP contribution in [0.1, 0.15) is 27.2 Å². The van der Waals surface area contributed by atoms with Crippen LogP contribution in [0.25, 0.3) is 0 Å². The Kier molecular flexibility index (Phi) is 4.63. The van der Waals surface area contributed by atoms with Gasteiger partial charge in [0.2, 0.25) is 0 Å². The van der Waals surface area contributed by atoms with Crippen LogP contribution in [0.15, 0.2) is 30.3 Å². The number of rotatable bonds is 4. The van der Waals surface area contributed by atoms with Crippen molar-refractivity contribution in [3.8, 4) is 0 Å². The molecule has 4 heteroatoms. The highest BCUT2D eigenvalue weighted by Gasteiger charge is 2.47. The topological polar surface area (TPSA) is 38.3 Å². The van der Waals surface area contributed by atoms with Crippen LogP contribution < -0.4 is 5.32 Å². The van der Waals surface area contributed by atoms with E-state index in [1.807, 2.05) is 49.0 Å². The van der Waals surface area contributed by atoms with Crippen molar-refractivity contribution in [3.63, 3.8) is 0 Å². The quantitative estimate of drug-likeness (QED) is 0.861. The van der Waals surface area contributed by atoms with E-state index in [0.717, 1.165) is 23.6 Å². The van der Waals surface area contributed by atoms with Gasteiger partial charge in [0.05, 0.1) is 6.61 Å². The van der Waals surface area contributed by atoms with E-state index < -0.39 is 5.54 Å². The first kappa shape index (κ1) is 15.2. The summed E-state index contributed by atoms with van der Waals surface area (Å²) in [6.07, 6.45) is 0.792. The summed E-state index contributed by atoms with van der Waals surface area (Å²) in [6, 6.07) is 9.91. The van der Waals surface area contributed by atoms with Gasteiger partial charge in [-0.25, -0.2) is 4.79 Å². The Morgan fingerprint density at radius 2 is 2.00 bits per heavy atom. The number of anilines is 1. The van der Waals surface area contributed by atoms with Crippen molar-refractivity contribution >= 4 is 23.4 Å². The maximum atomic E-state index is 12.5. The van der Waals surface area contributed by atoms with Crippen molar-refractivity contribution in [3.05, 3.63) is 30.3 Å². The number of benzene rings is 1. The minimum atomic E-state index is -0.621. The molecule has 1 heterocycles. The zero-order valence-electron chi connectivity index (χ0n) is 12.4. The molecule has 1 atom stereocenters. The summed E-state index contributed by atoms with van der Waals surface area (Å²) in [5.74, 6) is 1.69. The van der Waals surface area contributed by atoms with E-state index in [2.05, 4.69) is 19.2 Å². The van der Waals surface area contributed by atoms with Gasteiger partial charge in [-0.1, -0.05) is 32.0 Å². The summed E-state index contributed by atoms with van der Waals surface area (Å²) in [5, 5.41) is 3.44. The molecule has 0 aromatic heterocycles. The molecule has 3 nitrogen and oxygen atoms in total. The van der Waals surface area contributed by atoms with Gasteiger partial charge in [-0.05, 0) is 36.6 Å². The third kappa shape index (κ3) is 3.48. The fraction of sp³-hybridized carbons (Fsp3) is 0.562. The van der Waals surface area contributed by atoms with Crippen LogP contribution in [0, 0.1) is 5.41 Å². The average Bonchev–Trinajstić information content (AvgIpc) is 2.39. The van der Waals surface area contributed by atoms with Gasteiger partial charge in [0.1, 0.15) is 5.54 Å². The number of carbonyl (C=O) groups excluding carboxylic acids is 1. The molecule has 20 heavy (non-hydrogen) atoms. The molecule has 0 bridgehead atoms. The van der Waals surface area contributed by atoms with Crippen LogP contribution in [0.4, 0.5) is 5.69 Å². The Morgan fingerprint density at radius 3 is 2.60 bits per heavy atom. The molecule has 1 aromatic rings. The number of esters is 1. The van der Waals surface area contributed by atoms with Crippen molar-refractivity contribution < 1.29 is 9.53 Å². The molecular formula is C16H23NO2S. The third-order valence-electron chi connectivity index (χ3n) is 3.45. The molecule has 1 aromatic carbocycles. The van der Waals surface area contributed by atoms with Crippen LogP contribution in [0.5, 0.6) is 0 Å².